The molecule has 1 atom stereocenters. The highest BCUT2D eigenvalue weighted by atomic mass is 16.5. The summed E-state index contributed by atoms with van der Waals surface area (Å²) >= 11 is 0. The van der Waals surface area contributed by atoms with E-state index in [1.54, 1.807) is 0 Å². The largest absolute Gasteiger partial charge is 0.378 e. The molecule has 2 aliphatic heterocycles. The van der Waals surface area contributed by atoms with E-state index in [9.17, 15) is 4.79 Å². The first-order valence-corrected chi connectivity index (χ1v) is 11.6. The monoisotopic (exact) mass is 409 g/mol. The average Bonchev–Trinajstić information content (AvgIpc) is 3.72. The lowest BCUT2D eigenvalue weighted by Gasteiger charge is -2.41. The normalized spacial score (nSPS) is 25.8. The van der Waals surface area contributed by atoms with Crippen molar-refractivity contribution in [3.8, 4) is 0 Å². The maximum Gasteiger partial charge on any atom is 0.225 e. The maximum atomic E-state index is 12.8. The standard InChI is InChI=1S/C23H31N5O2/c29-23(18-6-7-18)27-9-8-26(14-17-4-5-17)20(16-27)19-15-28-21(24-19)2-1-3-22(28)25-10-12-30-13-11-25/h1-3,15,17-18,20H,4-14,16H2/t20-/m0/s1. The van der Waals surface area contributed by atoms with E-state index in [0.29, 0.717) is 5.91 Å². The highest BCUT2D eigenvalue weighted by molar-refractivity contribution is 5.81. The van der Waals surface area contributed by atoms with Crippen molar-refractivity contribution in [1.29, 1.82) is 0 Å². The summed E-state index contributed by atoms with van der Waals surface area (Å²) in [5, 5.41) is 0. The number of rotatable bonds is 5. The number of nitrogens with zero attached hydrogens (tertiary/aromatic N) is 5. The molecule has 0 bridgehead atoms. The Morgan fingerprint density at radius 3 is 2.67 bits per heavy atom. The summed E-state index contributed by atoms with van der Waals surface area (Å²) in [5.74, 6) is 2.67. The quantitative estimate of drug-likeness (QED) is 0.758. The van der Waals surface area contributed by atoms with Gasteiger partial charge in [-0.1, -0.05) is 6.07 Å². The molecule has 2 aromatic rings. The Bertz CT molecular complexity index is 929. The Hall–Kier alpha value is -2.12. The Morgan fingerprint density at radius 1 is 1.07 bits per heavy atom. The van der Waals surface area contributed by atoms with Crippen molar-refractivity contribution in [3.63, 3.8) is 0 Å². The number of hydrogen-bond donors (Lipinski definition) is 0. The van der Waals surface area contributed by atoms with E-state index in [4.69, 9.17) is 9.72 Å². The maximum absolute atomic E-state index is 12.8. The van der Waals surface area contributed by atoms with Gasteiger partial charge in [0.25, 0.3) is 0 Å². The van der Waals surface area contributed by atoms with E-state index in [-0.39, 0.29) is 12.0 Å². The second kappa shape index (κ2) is 7.54. The summed E-state index contributed by atoms with van der Waals surface area (Å²) in [7, 11) is 0. The predicted molar refractivity (Wildman–Crippen MR) is 115 cm³/mol. The Morgan fingerprint density at radius 2 is 1.90 bits per heavy atom. The van der Waals surface area contributed by atoms with Crippen molar-refractivity contribution >= 4 is 17.4 Å². The molecule has 2 aliphatic carbocycles. The molecule has 0 aromatic carbocycles. The van der Waals surface area contributed by atoms with Gasteiger partial charge in [0.05, 0.1) is 24.9 Å². The van der Waals surface area contributed by atoms with E-state index in [1.165, 1.54) is 18.7 Å². The van der Waals surface area contributed by atoms with Gasteiger partial charge in [-0.25, -0.2) is 4.98 Å². The molecule has 2 aromatic heterocycles. The van der Waals surface area contributed by atoms with Crippen LogP contribution in [-0.2, 0) is 9.53 Å². The van der Waals surface area contributed by atoms with Crippen molar-refractivity contribution in [2.75, 3.05) is 57.4 Å². The van der Waals surface area contributed by atoms with Crippen molar-refractivity contribution < 1.29 is 9.53 Å². The highest BCUT2D eigenvalue weighted by Crippen LogP contribution is 2.37. The number of carbonyl (C=O) groups is 1. The topological polar surface area (TPSA) is 53.3 Å². The van der Waals surface area contributed by atoms with Crippen LogP contribution in [0.25, 0.3) is 5.65 Å². The van der Waals surface area contributed by atoms with Gasteiger partial charge in [-0.3, -0.25) is 14.1 Å². The van der Waals surface area contributed by atoms with Gasteiger partial charge in [0.2, 0.25) is 5.91 Å². The lowest BCUT2D eigenvalue weighted by Crippen LogP contribution is -2.51. The number of morpholine rings is 1. The summed E-state index contributed by atoms with van der Waals surface area (Å²) in [5.41, 5.74) is 2.09. The van der Waals surface area contributed by atoms with E-state index < -0.39 is 0 Å². The minimum absolute atomic E-state index is 0.194. The molecule has 4 fully saturated rings. The zero-order valence-electron chi connectivity index (χ0n) is 17.6. The van der Waals surface area contributed by atoms with Gasteiger partial charge in [0.15, 0.2) is 0 Å². The van der Waals surface area contributed by atoms with Gasteiger partial charge in [0, 0.05) is 51.4 Å². The SMILES string of the molecule is O=C(C1CC1)N1CCN(CC2CC2)[C@H](c2cn3c(N4CCOCC4)cccc3n2)C1. The van der Waals surface area contributed by atoms with Crippen LogP contribution in [0.3, 0.4) is 0 Å². The fraction of sp³-hybridized carbons (Fsp3) is 0.652. The lowest BCUT2D eigenvalue weighted by molar-refractivity contribution is -0.135. The molecule has 30 heavy (non-hydrogen) atoms. The molecular formula is C23H31N5O2. The molecule has 2 saturated heterocycles. The molecule has 1 amide bonds. The first kappa shape index (κ1) is 18.6. The number of pyridine rings is 1. The van der Waals surface area contributed by atoms with Crippen LogP contribution in [0.2, 0.25) is 0 Å². The average molecular weight is 410 g/mol. The number of ether oxygens (including phenoxy) is 1. The first-order chi connectivity index (χ1) is 14.8. The van der Waals surface area contributed by atoms with E-state index in [0.717, 1.165) is 82.6 Å². The van der Waals surface area contributed by atoms with Gasteiger partial charge in [-0.15, -0.1) is 0 Å². The molecule has 2 saturated carbocycles. The Labute approximate surface area is 177 Å². The summed E-state index contributed by atoms with van der Waals surface area (Å²) in [6.07, 6.45) is 7.06. The molecule has 4 aliphatic rings. The van der Waals surface area contributed by atoms with Crippen molar-refractivity contribution in [2.24, 2.45) is 11.8 Å². The van der Waals surface area contributed by atoms with E-state index in [2.05, 4.69) is 43.5 Å². The second-order valence-electron chi connectivity index (χ2n) is 9.39. The van der Waals surface area contributed by atoms with Crippen molar-refractivity contribution in [3.05, 3.63) is 30.1 Å². The van der Waals surface area contributed by atoms with Gasteiger partial charge >= 0.3 is 0 Å². The third-order valence-electron chi connectivity index (χ3n) is 7.08. The van der Waals surface area contributed by atoms with Crippen LogP contribution in [0.5, 0.6) is 0 Å². The second-order valence-corrected chi connectivity index (χ2v) is 9.39. The van der Waals surface area contributed by atoms with Crippen LogP contribution in [-0.4, -0.2) is 77.6 Å². The van der Waals surface area contributed by atoms with Gasteiger partial charge < -0.3 is 14.5 Å². The summed E-state index contributed by atoms with van der Waals surface area (Å²) in [6, 6.07) is 6.56. The van der Waals surface area contributed by atoms with E-state index >= 15 is 0 Å². The van der Waals surface area contributed by atoms with Crippen LogP contribution in [0, 0.1) is 11.8 Å². The molecule has 0 spiro atoms. The Balaban J connectivity index is 1.31. The number of anilines is 1. The molecule has 7 nitrogen and oxygen atoms in total. The summed E-state index contributed by atoms with van der Waals surface area (Å²) < 4.78 is 7.77. The fourth-order valence-corrected chi connectivity index (χ4v) is 4.97. The predicted octanol–water partition coefficient (Wildman–Crippen LogP) is 2.18. The Kier molecular flexibility index (Phi) is 4.68. The van der Waals surface area contributed by atoms with Gasteiger partial charge in [0.1, 0.15) is 11.5 Å². The molecule has 7 heteroatoms. The first-order valence-electron chi connectivity index (χ1n) is 11.6. The molecular weight excluding hydrogens is 378 g/mol. The number of hydrogen-bond acceptors (Lipinski definition) is 5. The van der Waals surface area contributed by atoms with Crippen LogP contribution in [0.1, 0.15) is 37.4 Å². The van der Waals surface area contributed by atoms with Gasteiger partial charge in [-0.05, 0) is 43.7 Å². The lowest BCUT2D eigenvalue weighted by atomic mass is 10.1. The molecule has 6 rings (SSSR count). The number of amides is 1. The minimum Gasteiger partial charge on any atom is -0.378 e. The number of imidazole rings is 1. The number of piperazine rings is 1. The number of aromatic nitrogens is 2. The van der Waals surface area contributed by atoms with E-state index in [1.807, 2.05) is 0 Å². The zero-order valence-corrected chi connectivity index (χ0v) is 17.6. The van der Waals surface area contributed by atoms with Crippen LogP contribution < -0.4 is 4.90 Å². The van der Waals surface area contributed by atoms with Crippen molar-refractivity contribution in [2.45, 2.75) is 31.7 Å². The van der Waals surface area contributed by atoms with Gasteiger partial charge in [-0.2, -0.15) is 0 Å². The summed E-state index contributed by atoms with van der Waals surface area (Å²) in [6.45, 7) is 7.11. The highest BCUT2D eigenvalue weighted by Gasteiger charge is 2.39. The van der Waals surface area contributed by atoms with Crippen molar-refractivity contribution in [1.82, 2.24) is 19.2 Å². The third-order valence-corrected chi connectivity index (χ3v) is 7.08. The molecule has 0 radical (unpaired) electrons. The fourth-order valence-electron chi connectivity index (χ4n) is 4.97. The van der Waals surface area contributed by atoms with Crippen LogP contribution >= 0.6 is 0 Å². The minimum atomic E-state index is 0.194. The van der Waals surface area contributed by atoms with Crippen LogP contribution in [0.4, 0.5) is 5.82 Å². The smallest absolute Gasteiger partial charge is 0.225 e. The third kappa shape index (κ3) is 3.58. The van der Waals surface area contributed by atoms with Crippen LogP contribution in [0.15, 0.2) is 24.4 Å². The molecule has 160 valence electrons. The molecule has 4 heterocycles. The molecule has 0 N–H and O–H groups in total. The number of carbonyl (C=O) groups excluding carboxylic acids is 1. The summed E-state index contributed by atoms with van der Waals surface area (Å²) in [4.78, 5) is 24.9. The zero-order chi connectivity index (χ0) is 20.1. The number of fused-ring (bicyclic) bond motifs is 1. The molecule has 0 unspecified atom stereocenters.